The second-order valence-electron chi connectivity index (χ2n) is 3.03. The van der Waals surface area contributed by atoms with E-state index in [1.165, 1.54) is 0 Å². The van der Waals surface area contributed by atoms with Gasteiger partial charge in [-0.25, -0.2) is 0 Å². The standard InChI is InChI=1S/C10H9ClN2/c1-6-2-3-9-8(10(6)11)4-7(12)5-13-9/h2-5H,12H2,1H3. The molecule has 2 N–H and O–H groups in total. The van der Waals surface area contributed by atoms with Crippen molar-refractivity contribution < 1.29 is 0 Å². The Kier molecular flexibility index (Phi) is 1.85. The molecule has 0 saturated carbocycles. The van der Waals surface area contributed by atoms with Gasteiger partial charge in [0.05, 0.1) is 22.4 Å². The third-order valence-corrected chi connectivity index (χ3v) is 2.52. The summed E-state index contributed by atoms with van der Waals surface area (Å²) in [7, 11) is 0. The molecular formula is C10H9ClN2. The molecule has 0 saturated heterocycles. The van der Waals surface area contributed by atoms with Crippen LogP contribution in [0.1, 0.15) is 5.56 Å². The smallest absolute Gasteiger partial charge is 0.0718 e. The van der Waals surface area contributed by atoms with Crippen molar-refractivity contribution in [1.82, 2.24) is 4.98 Å². The second-order valence-corrected chi connectivity index (χ2v) is 3.41. The Morgan fingerprint density at radius 3 is 2.92 bits per heavy atom. The van der Waals surface area contributed by atoms with Gasteiger partial charge in [-0.3, -0.25) is 4.98 Å². The highest BCUT2D eigenvalue weighted by Crippen LogP contribution is 2.26. The molecule has 0 atom stereocenters. The number of hydrogen-bond donors (Lipinski definition) is 1. The molecule has 0 spiro atoms. The summed E-state index contributed by atoms with van der Waals surface area (Å²) in [5.41, 5.74) is 8.18. The van der Waals surface area contributed by atoms with Crippen molar-refractivity contribution in [3.63, 3.8) is 0 Å². The van der Waals surface area contributed by atoms with Crippen molar-refractivity contribution in [2.75, 3.05) is 5.73 Å². The molecule has 0 unspecified atom stereocenters. The fourth-order valence-electron chi connectivity index (χ4n) is 1.29. The highest BCUT2D eigenvalue weighted by atomic mass is 35.5. The molecule has 1 aromatic carbocycles. The molecule has 0 fully saturated rings. The lowest BCUT2D eigenvalue weighted by molar-refractivity contribution is 1.39. The highest BCUT2D eigenvalue weighted by molar-refractivity contribution is 6.36. The summed E-state index contributed by atoms with van der Waals surface area (Å²) in [6, 6.07) is 5.74. The van der Waals surface area contributed by atoms with E-state index in [1.54, 1.807) is 6.20 Å². The largest absolute Gasteiger partial charge is 0.397 e. The number of pyridine rings is 1. The van der Waals surface area contributed by atoms with Gasteiger partial charge in [0.15, 0.2) is 0 Å². The molecule has 2 aromatic rings. The number of benzene rings is 1. The Bertz CT molecular complexity index is 460. The summed E-state index contributed by atoms with van der Waals surface area (Å²) in [6.07, 6.45) is 1.63. The van der Waals surface area contributed by atoms with E-state index in [4.69, 9.17) is 17.3 Å². The van der Waals surface area contributed by atoms with Crippen molar-refractivity contribution in [3.8, 4) is 0 Å². The zero-order valence-corrected chi connectivity index (χ0v) is 7.97. The van der Waals surface area contributed by atoms with Crippen LogP contribution in [0.4, 0.5) is 5.69 Å². The summed E-state index contributed by atoms with van der Waals surface area (Å²) < 4.78 is 0. The lowest BCUT2D eigenvalue weighted by Gasteiger charge is -2.03. The average molecular weight is 193 g/mol. The van der Waals surface area contributed by atoms with E-state index in [0.29, 0.717) is 5.69 Å². The van der Waals surface area contributed by atoms with Crippen LogP contribution in [0.25, 0.3) is 10.9 Å². The fourth-order valence-corrected chi connectivity index (χ4v) is 1.50. The minimum atomic E-state index is 0.639. The first-order valence-electron chi connectivity index (χ1n) is 3.99. The van der Waals surface area contributed by atoms with Gasteiger partial charge < -0.3 is 5.73 Å². The topological polar surface area (TPSA) is 38.9 Å². The maximum absolute atomic E-state index is 6.10. The minimum absolute atomic E-state index is 0.639. The van der Waals surface area contributed by atoms with Crippen LogP contribution in [-0.4, -0.2) is 4.98 Å². The third-order valence-electron chi connectivity index (χ3n) is 2.01. The summed E-state index contributed by atoms with van der Waals surface area (Å²) in [6.45, 7) is 1.96. The van der Waals surface area contributed by atoms with E-state index in [0.717, 1.165) is 21.5 Å². The number of aryl methyl sites for hydroxylation is 1. The van der Waals surface area contributed by atoms with E-state index in [1.807, 2.05) is 25.1 Å². The maximum Gasteiger partial charge on any atom is 0.0718 e. The molecule has 66 valence electrons. The first-order chi connectivity index (χ1) is 6.18. The van der Waals surface area contributed by atoms with Crippen molar-refractivity contribution >= 4 is 28.2 Å². The minimum Gasteiger partial charge on any atom is -0.397 e. The average Bonchev–Trinajstić information content (AvgIpc) is 2.12. The SMILES string of the molecule is Cc1ccc2ncc(N)cc2c1Cl. The Morgan fingerprint density at radius 2 is 2.15 bits per heavy atom. The highest BCUT2D eigenvalue weighted by Gasteiger charge is 2.02. The molecule has 0 aliphatic carbocycles. The van der Waals surface area contributed by atoms with Crippen molar-refractivity contribution in [2.45, 2.75) is 6.92 Å². The molecule has 0 aliphatic heterocycles. The van der Waals surface area contributed by atoms with Crippen molar-refractivity contribution in [1.29, 1.82) is 0 Å². The van der Waals surface area contributed by atoms with Gasteiger partial charge in [0.2, 0.25) is 0 Å². The Hall–Kier alpha value is -1.28. The molecule has 0 amide bonds. The third kappa shape index (κ3) is 1.33. The molecule has 3 heteroatoms. The van der Waals surface area contributed by atoms with Gasteiger partial charge >= 0.3 is 0 Å². The number of aromatic nitrogens is 1. The summed E-state index contributed by atoms with van der Waals surface area (Å²) >= 11 is 6.10. The maximum atomic E-state index is 6.10. The quantitative estimate of drug-likeness (QED) is 0.697. The molecule has 2 rings (SSSR count). The number of nitrogens with two attached hydrogens (primary N) is 1. The van der Waals surface area contributed by atoms with Gasteiger partial charge in [-0.2, -0.15) is 0 Å². The van der Waals surface area contributed by atoms with E-state index >= 15 is 0 Å². The number of nitrogen functional groups attached to an aromatic ring is 1. The van der Waals surface area contributed by atoms with E-state index in [2.05, 4.69) is 4.98 Å². The summed E-state index contributed by atoms with van der Waals surface area (Å²) in [5, 5.41) is 1.65. The van der Waals surface area contributed by atoms with Gasteiger partial charge in [-0.15, -0.1) is 0 Å². The van der Waals surface area contributed by atoms with E-state index in [-0.39, 0.29) is 0 Å². The number of rotatable bonds is 0. The molecule has 0 bridgehead atoms. The van der Waals surface area contributed by atoms with Crippen molar-refractivity contribution in [3.05, 3.63) is 35.0 Å². The number of hydrogen-bond acceptors (Lipinski definition) is 2. The first-order valence-corrected chi connectivity index (χ1v) is 4.36. The fraction of sp³-hybridized carbons (Fsp3) is 0.100. The molecule has 0 radical (unpaired) electrons. The molecule has 1 aromatic heterocycles. The Balaban J connectivity index is 2.89. The van der Waals surface area contributed by atoms with Crippen LogP contribution in [0.5, 0.6) is 0 Å². The van der Waals surface area contributed by atoms with Gasteiger partial charge in [0.1, 0.15) is 0 Å². The van der Waals surface area contributed by atoms with Crippen LogP contribution in [0.2, 0.25) is 5.02 Å². The summed E-state index contributed by atoms with van der Waals surface area (Å²) in [4.78, 5) is 4.17. The predicted molar refractivity (Wildman–Crippen MR) is 55.9 cm³/mol. The lowest BCUT2D eigenvalue weighted by atomic mass is 10.1. The normalized spacial score (nSPS) is 10.6. The molecular weight excluding hydrogens is 184 g/mol. The van der Waals surface area contributed by atoms with Crippen LogP contribution in [0.15, 0.2) is 24.4 Å². The van der Waals surface area contributed by atoms with Crippen LogP contribution in [0, 0.1) is 6.92 Å². The van der Waals surface area contributed by atoms with Crippen LogP contribution in [-0.2, 0) is 0 Å². The zero-order valence-electron chi connectivity index (χ0n) is 7.21. The second kappa shape index (κ2) is 2.89. The van der Waals surface area contributed by atoms with Crippen LogP contribution in [0.3, 0.4) is 0 Å². The molecule has 2 nitrogen and oxygen atoms in total. The van der Waals surface area contributed by atoms with Gasteiger partial charge in [-0.05, 0) is 24.6 Å². The zero-order chi connectivity index (χ0) is 9.42. The molecule has 13 heavy (non-hydrogen) atoms. The van der Waals surface area contributed by atoms with Crippen LogP contribution >= 0.6 is 11.6 Å². The lowest BCUT2D eigenvalue weighted by Crippen LogP contribution is -1.88. The number of fused-ring (bicyclic) bond motifs is 1. The first kappa shape index (κ1) is 8.32. The Morgan fingerprint density at radius 1 is 1.38 bits per heavy atom. The molecule has 1 heterocycles. The predicted octanol–water partition coefficient (Wildman–Crippen LogP) is 2.78. The van der Waals surface area contributed by atoms with E-state index in [9.17, 15) is 0 Å². The van der Waals surface area contributed by atoms with Crippen LogP contribution < -0.4 is 5.73 Å². The van der Waals surface area contributed by atoms with Gasteiger partial charge in [-0.1, -0.05) is 17.7 Å². The van der Waals surface area contributed by atoms with Gasteiger partial charge in [0.25, 0.3) is 0 Å². The Labute approximate surface area is 81.3 Å². The monoisotopic (exact) mass is 192 g/mol. The van der Waals surface area contributed by atoms with E-state index < -0.39 is 0 Å². The van der Waals surface area contributed by atoms with Crippen molar-refractivity contribution in [2.24, 2.45) is 0 Å². The number of halogens is 1. The summed E-state index contributed by atoms with van der Waals surface area (Å²) in [5.74, 6) is 0. The number of nitrogens with zero attached hydrogens (tertiary/aromatic N) is 1. The number of anilines is 1. The molecule has 0 aliphatic rings. The van der Waals surface area contributed by atoms with Gasteiger partial charge in [0, 0.05) is 5.39 Å².